The van der Waals surface area contributed by atoms with E-state index in [0.29, 0.717) is 24.1 Å². The molecule has 1 aliphatic rings. The van der Waals surface area contributed by atoms with Crippen molar-refractivity contribution in [2.24, 2.45) is 11.8 Å². The van der Waals surface area contributed by atoms with Crippen LogP contribution in [0.4, 0.5) is 0 Å². The van der Waals surface area contributed by atoms with Crippen LogP contribution in [0, 0.1) is 11.8 Å². The zero-order chi connectivity index (χ0) is 12.9. The normalized spacial score (nSPS) is 30.9. The third-order valence-electron chi connectivity index (χ3n) is 3.98. The average molecular weight is 260 g/mol. The first-order chi connectivity index (χ1) is 8.01. The first kappa shape index (κ1) is 14.8. The molecule has 2 nitrogen and oxygen atoms in total. The molecular weight excluding hydrogens is 234 g/mol. The van der Waals surface area contributed by atoms with Crippen molar-refractivity contribution in [3.8, 4) is 0 Å². The minimum atomic E-state index is -0.135. The van der Waals surface area contributed by atoms with Gasteiger partial charge < -0.3 is 5.32 Å². The van der Waals surface area contributed by atoms with Crippen molar-refractivity contribution >= 4 is 17.5 Å². The number of halogens is 1. The Hall–Kier alpha value is -0.240. The fourth-order valence-electron chi connectivity index (χ4n) is 2.74. The fraction of sp³-hybridized carbons (Fsp3) is 0.929. The maximum atomic E-state index is 12.0. The summed E-state index contributed by atoms with van der Waals surface area (Å²) in [5.41, 5.74) is -0.135. The van der Waals surface area contributed by atoms with Crippen molar-refractivity contribution in [3.05, 3.63) is 0 Å². The molecule has 1 rings (SSSR count). The van der Waals surface area contributed by atoms with Crippen LogP contribution >= 0.6 is 11.6 Å². The summed E-state index contributed by atoms with van der Waals surface area (Å²) in [4.78, 5) is 12.0. The van der Waals surface area contributed by atoms with E-state index in [0.717, 1.165) is 19.3 Å². The summed E-state index contributed by atoms with van der Waals surface area (Å²) >= 11 is 6.10. The first-order valence-electron chi connectivity index (χ1n) is 6.88. The van der Waals surface area contributed by atoms with E-state index in [1.165, 1.54) is 12.8 Å². The summed E-state index contributed by atoms with van der Waals surface area (Å²) < 4.78 is 0. The van der Waals surface area contributed by atoms with Gasteiger partial charge in [0.25, 0.3) is 0 Å². The van der Waals surface area contributed by atoms with Gasteiger partial charge in [0.2, 0.25) is 5.91 Å². The predicted octanol–water partition coefficient (Wildman–Crippen LogP) is 3.73. The highest BCUT2D eigenvalue weighted by Crippen LogP contribution is 2.33. The Balaban J connectivity index is 2.53. The van der Waals surface area contributed by atoms with Crippen LogP contribution in [0.15, 0.2) is 0 Å². The molecule has 0 heterocycles. The predicted molar refractivity (Wildman–Crippen MR) is 73.3 cm³/mol. The molecule has 1 saturated carbocycles. The standard InChI is InChI=1S/C14H26ClNO/c1-4-11(2)8-13(17)16-14(10-15)7-5-6-12(3)9-14/h11-12H,4-10H2,1-3H3,(H,16,17). The number of amides is 1. The Morgan fingerprint density at radius 3 is 2.82 bits per heavy atom. The smallest absolute Gasteiger partial charge is 0.220 e. The van der Waals surface area contributed by atoms with Crippen molar-refractivity contribution in [2.45, 2.75) is 64.8 Å². The van der Waals surface area contributed by atoms with Gasteiger partial charge in [0.1, 0.15) is 0 Å². The lowest BCUT2D eigenvalue weighted by molar-refractivity contribution is -0.124. The lowest BCUT2D eigenvalue weighted by Crippen LogP contribution is -2.52. The van der Waals surface area contributed by atoms with Gasteiger partial charge in [-0.15, -0.1) is 11.6 Å². The third-order valence-corrected chi connectivity index (χ3v) is 4.49. The molecule has 0 aromatic heterocycles. The molecule has 0 spiro atoms. The molecule has 1 aliphatic carbocycles. The van der Waals surface area contributed by atoms with E-state index in [-0.39, 0.29) is 11.4 Å². The molecule has 0 radical (unpaired) electrons. The largest absolute Gasteiger partial charge is 0.349 e. The molecule has 1 amide bonds. The van der Waals surface area contributed by atoms with Crippen LogP contribution in [-0.4, -0.2) is 17.3 Å². The summed E-state index contributed by atoms with van der Waals surface area (Å²) in [5.74, 6) is 1.85. The van der Waals surface area contributed by atoms with Gasteiger partial charge in [0.05, 0.1) is 5.54 Å². The number of nitrogens with one attached hydrogen (secondary N) is 1. The highest BCUT2D eigenvalue weighted by Gasteiger charge is 2.35. The number of carbonyl (C=O) groups is 1. The third kappa shape index (κ3) is 4.50. The Morgan fingerprint density at radius 2 is 2.29 bits per heavy atom. The first-order valence-corrected chi connectivity index (χ1v) is 7.41. The number of rotatable bonds is 5. The molecule has 0 bridgehead atoms. The van der Waals surface area contributed by atoms with Crippen molar-refractivity contribution < 1.29 is 4.79 Å². The fourth-order valence-corrected chi connectivity index (χ4v) is 3.05. The Kier molecular flexibility index (Phi) is 5.78. The van der Waals surface area contributed by atoms with E-state index in [9.17, 15) is 4.79 Å². The summed E-state index contributed by atoms with van der Waals surface area (Å²) in [6.45, 7) is 6.50. The summed E-state index contributed by atoms with van der Waals surface area (Å²) in [6.07, 6.45) is 6.19. The van der Waals surface area contributed by atoms with Gasteiger partial charge in [-0.3, -0.25) is 4.79 Å². The van der Waals surface area contributed by atoms with Crippen LogP contribution in [0.1, 0.15) is 59.3 Å². The van der Waals surface area contributed by atoms with E-state index in [2.05, 4.69) is 26.1 Å². The number of carbonyl (C=O) groups excluding carboxylic acids is 1. The second-order valence-corrected chi connectivity index (χ2v) is 6.15. The zero-order valence-electron chi connectivity index (χ0n) is 11.4. The SMILES string of the molecule is CCC(C)CC(=O)NC1(CCl)CCCC(C)C1. The van der Waals surface area contributed by atoms with E-state index >= 15 is 0 Å². The van der Waals surface area contributed by atoms with Gasteiger partial charge in [-0.25, -0.2) is 0 Å². The van der Waals surface area contributed by atoms with Gasteiger partial charge in [-0.2, -0.15) is 0 Å². The van der Waals surface area contributed by atoms with Crippen LogP contribution in [0.2, 0.25) is 0 Å². The molecule has 0 saturated heterocycles. The second kappa shape index (κ2) is 6.63. The Bertz CT molecular complexity index is 257. The van der Waals surface area contributed by atoms with E-state index in [1.54, 1.807) is 0 Å². The Morgan fingerprint density at radius 1 is 1.59 bits per heavy atom. The number of alkyl halides is 1. The molecule has 0 aromatic carbocycles. The summed E-state index contributed by atoms with van der Waals surface area (Å²) in [6, 6.07) is 0. The van der Waals surface area contributed by atoms with Gasteiger partial charge in [-0.1, -0.05) is 40.0 Å². The molecular formula is C14H26ClNO. The Labute approximate surface area is 110 Å². The minimum Gasteiger partial charge on any atom is -0.349 e. The van der Waals surface area contributed by atoms with Crippen molar-refractivity contribution in [2.75, 3.05) is 5.88 Å². The summed E-state index contributed by atoms with van der Waals surface area (Å²) in [5, 5.41) is 3.21. The maximum absolute atomic E-state index is 12.0. The van der Waals surface area contributed by atoms with Crippen LogP contribution in [-0.2, 0) is 4.79 Å². The lowest BCUT2D eigenvalue weighted by Gasteiger charge is -2.39. The molecule has 3 heteroatoms. The highest BCUT2D eigenvalue weighted by atomic mass is 35.5. The molecule has 100 valence electrons. The molecule has 3 atom stereocenters. The van der Waals surface area contributed by atoms with Crippen molar-refractivity contribution in [1.29, 1.82) is 0 Å². The van der Waals surface area contributed by atoms with E-state index in [1.807, 2.05) is 0 Å². The molecule has 3 unspecified atom stereocenters. The van der Waals surface area contributed by atoms with E-state index in [4.69, 9.17) is 11.6 Å². The second-order valence-electron chi connectivity index (χ2n) is 5.88. The van der Waals surface area contributed by atoms with E-state index < -0.39 is 0 Å². The molecule has 0 aromatic rings. The van der Waals surface area contributed by atoms with Crippen LogP contribution in [0.5, 0.6) is 0 Å². The van der Waals surface area contributed by atoms with Gasteiger partial charge in [-0.05, 0) is 24.7 Å². The number of hydrogen-bond donors (Lipinski definition) is 1. The van der Waals surface area contributed by atoms with Crippen molar-refractivity contribution in [3.63, 3.8) is 0 Å². The summed E-state index contributed by atoms with van der Waals surface area (Å²) in [7, 11) is 0. The lowest BCUT2D eigenvalue weighted by atomic mass is 9.77. The van der Waals surface area contributed by atoms with Crippen LogP contribution in [0.3, 0.4) is 0 Å². The molecule has 17 heavy (non-hydrogen) atoms. The molecule has 0 aliphatic heterocycles. The molecule has 1 fully saturated rings. The highest BCUT2D eigenvalue weighted by molar-refractivity contribution is 6.18. The monoisotopic (exact) mass is 259 g/mol. The quantitative estimate of drug-likeness (QED) is 0.749. The zero-order valence-corrected chi connectivity index (χ0v) is 12.1. The van der Waals surface area contributed by atoms with Crippen LogP contribution < -0.4 is 5.32 Å². The molecule has 1 N–H and O–H groups in total. The average Bonchev–Trinajstić information content (AvgIpc) is 2.28. The van der Waals surface area contributed by atoms with Gasteiger partial charge >= 0.3 is 0 Å². The van der Waals surface area contributed by atoms with Crippen molar-refractivity contribution in [1.82, 2.24) is 5.32 Å². The number of hydrogen-bond acceptors (Lipinski definition) is 1. The maximum Gasteiger partial charge on any atom is 0.220 e. The minimum absolute atomic E-state index is 0.135. The topological polar surface area (TPSA) is 29.1 Å². The van der Waals surface area contributed by atoms with Gasteiger partial charge in [0, 0.05) is 12.3 Å². The van der Waals surface area contributed by atoms with Crippen LogP contribution in [0.25, 0.3) is 0 Å². The van der Waals surface area contributed by atoms with Gasteiger partial charge in [0.15, 0.2) is 0 Å².